The molecule has 7 nitrogen and oxygen atoms in total. The molecule has 4 rings (SSSR count). The number of rotatable bonds is 9. The van der Waals surface area contributed by atoms with Crippen molar-refractivity contribution < 1.29 is 28.9 Å². The number of benzene rings is 3. The Morgan fingerprint density at radius 2 is 1.59 bits per heavy atom. The van der Waals surface area contributed by atoms with Gasteiger partial charge in [0.05, 0.1) is 30.4 Å². The van der Waals surface area contributed by atoms with Gasteiger partial charge >= 0.3 is 0 Å². The van der Waals surface area contributed by atoms with E-state index in [0.717, 1.165) is 5.56 Å². The van der Waals surface area contributed by atoms with Crippen LogP contribution in [0.3, 0.4) is 0 Å². The molecule has 1 unspecified atom stereocenters. The Bertz CT molecular complexity index is 1390. The van der Waals surface area contributed by atoms with E-state index in [2.05, 4.69) is 0 Å². The second kappa shape index (κ2) is 11.6. The monoisotopic (exact) mass is 529 g/mol. The van der Waals surface area contributed by atoms with E-state index in [9.17, 15) is 14.7 Å². The maximum Gasteiger partial charge on any atom is 0.300 e. The highest BCUT2D eigenvalue weighted by Gasteiger charge is 2.47. The van der Waals surface area contributed by atoms with Crippen molar-refractivity contribution in [3.8, 4) is 17.2 Å². The molecule has 0 aliphatic carbocycles. The summed E-state index contributed by atoms with van der Waals surface area (Å²) in [5, 5.41) is 11.5. The second-order valence-corrected chi connectivity index (χ2v) is 9.98. The zero-order valence-corrected chi connectivity index (χ0v) is 23.2. The number of aliphatic hydroxyl groups excluding tert-OH is 1. The van der Waals surface area contributed by atoms with Crippen LogP contribution in [-0.4, -0.2) is 35.6 Å². The molecule has 3 aromatic carbocycles. The molecule has 204 valence electrons. The third-order valence-electron chi connectivity index (χ3n) is 6.23. The molecule has 7 heteroatoms. The third kappa shape index (κ3) is 5.93. The van der Waals surface area contributed by atoms with Crippen molar-refractivity contribution in [1.82, 2.24) is 0 Å². The lowest BCUT2D eigenvalue weighted by molar-refractivity contribution is -0.132. The minimum absolute atomic E-state index is 0.00695. The van der Waals surface area contributed by atoms with Gasteiger partial charge in [0.15, 0.2) is 0 Å². The highest BCUT2D eigenvalue weighted by atomic mass is 16.5. The van der Waals surface area contributed by atoms with Crippen LogP contribution in [0.2, 0.25) is 0 Å². The summed E-state index contributed by atoms with van der Waals surface area (Å²) in [6.45, 7) is 12.0. The molecule has 0 aromatic heterocycles. The average molecular weight is 530 g/mol. The second-order valence-electron chi connectivity index (χ2n) is 9.98. The summed E-state index contributed by atoms with van der Waals surface area (Å²) in [4.78, 5) is 28.4. The number of amides is 1. The van der Waals surface area contributed by atoms with Gasteiger partial charge < -0.3 is 19.3 Å². The van der Waals surface area contributed by atoms with Crippen molar-refractivity contribution >= 4 is 23.1 Å². The van der Waals surface area contributed by atoms with Crippen LogP contribution in [0.1, 0.15) is 57.4 Å². The number of aliphatic hydroxyl groups is 1. The summed E-state index contributed by atoms with van der Waals surface area (Å²) in [6, 6.07) is 18.6. The summed E-state index contributed by atoms with van der Waals surface area (Å²) in [6.07, 6.45) is -0.0739. The average Bonchev–Trinajstić information content (AvgIpc) is 3.15. The van der Waals surface area contributed by atoms with Gasteiger partial charge in [0.2, 0.25) is 0 Å². The standard InChI is InChI=1S/C32H35NO6/c1-7-37-25-14-12-24(13-15-25)33-29(22-9-8-10-26(18-22)38-19(2)3)28(31(35)32(33)36)30(34)23-11-16-27(21(6)17-23)39-20(4)5/h8-20,29,34H,7H2,1-6H3/b30-28+. The Kier molecular flexibility index (Phi) is 8.29. The lowest BCUT2D eigenvalue weighted by Crippen LogP contribution is -2.29. The molecular formula is C32H35NO6. The molecular weight excluding hydrogens is 494 g/mol. The lowest BCUT2D eigenvalue weighted by Gasteiger charge is -2.26. The summed E-state index contributed by atoms with van der Waals surface area (Å²) >= 11 is 0. The minimum Gasteiger partial charge on any atom is -0.507 e. The number of carbonyl (C=O) groups is 2. The highest BCUT2D eigenvalue weighted by Crippen LogP contribution is 2.43. The Morgan fingerprint density at radius 3 is 2.21 bits per heavy atom. The van der Waals surface area contributed by atoms with Gasteiger partial charge in [-0.15, -0.1) is 0 Å². The van der Waals surface area contributed by atoms with Crippen molar-refractivity contribution in [3.63, 3.8) is 0 Å². The van der Waals surface area contributed by atoms with Crippen molar-refractivity contribution in [2.75, 3.05) is 11.5 Å². The number of Topliss-reactive ketones (excluding diaryl/α,β-unsaturated/α-hetero) is 1. The highest BCUT2D eigenvalue weighted by molar-refractivity contribution is 6.51. The molecule has 3 aromatic rings. The predicted octanol–water partition coefficient (Wildman–Crippen LogP) is 6.59. The number of ketones is 1. The van der Waals surface area contributed by atoms with Crippen LogP contribution >= 0.6 is 0 Å². The molecule has 0 radical (unpaired) electrons. The van der Waals surface area contributed by atoms with Gasteiger partial charge in [-0.2, -0.15) is 0 Å². The summed E-state index contributed by atoms with van der Waals surface area (Å²) in [5.74, 6) is 0.207. The maximum atomic E-state index is 13.5. The van der Waals surface area contributed by atoms with E-state index < -0.39 is 17.7 Å². The van der Waals surface area contributed by atoms with Crippen LogP contribution in [0.4, 0.5) is 5.69 Å². The van der Waals surface area contributed by atoms with Crippen molar-refractivity contribution in [3.05, 3.63) is 89.0 Å². The Balaban J connectivity index is 1.87. The van der Waals surface area contributed by atoms with Crippen molar-refractivity contribution in [2.24, 2.45) is 0 Å². The van der Waals surface area contributed by atoms with Gasteiger partial charge in [-0.25, -0.2) is 0 Å². The third-order valence-corrected chi connectivity index (χ3v) is 6.23. The SMILES string of the molecule is CCOc1ccc(N2C(=O)C(=O)/C(=C(/O)c3ccc(OC(C)C)c(C)c3)C2c2cccc(OC(C)C)c2)cc1. The topological polar surface area (TPSA) is 85.3 Å². The van der Waals surface area contributed by atoms with E-state index in [1.165, 1.54) is 4.90 Å². The van der Waals surface area contributed by atoms with Crippen LogP contribution in [0.5, 0.6) is 17.2 Å². The van der Waals surface area contributed by atoms with E-state index in [4.69, 9.17) is 14.2 Å². The fourth-order valence-electron chi connectivity index (χ4n) is 4.65. The molecule has 1 fully saturated rings. The van der Waals surface area contributed by atoms with Gasteiger partial charge in [-0.3, -0.25) is 14.5 Å². The molecule has 0 saturated carbocycles. The van der Waals surface area contributed by atoms with Crippen LogP contribution in [-0.2, 0) is 9.59 Å². The van der Waals surface area contributed by atoms with Gasteiger partial charge in [0.25, 0.3) is 11.7 Å². The van der Waals surface area contributed by atoms with Crippen molar-refractivity contribution in [2.45, 2.75) is 59.8 Å². The van der Waals surface area contributed by atoms with Crippen LogP contribution in [0, 0.1) is 6.92 Å². The largest absolute Gasteiger partial charge is 0.507 e. The fourth-order valence-corrected chi connectivity index (χ4v) is 4.65. The first-order chi connectivity index (χ1) is 18.6. The molecule has 39 heavy (non-hydrogen) atoms. The molecule has 1 aliphatic heterocycles. The number of ether oxygens (including phenoxy) is 3. The fraction of sp³-hybridized carbons (Fsp3) is 0.312. The maximum absolute atomic E-state index is 13.5. The smallest absolute Gasteiger partial charge is 0.300 e. The van der Waals surface area contributed by atoms with Crippen LogP contribution in [0.25, 0.3) is 5.76 Å². The molecule has 1 amide bonds. The first-order valence-electron chi connectivity index (χ1n) is 13.2. The predicted molar refractivity (Wildman–Crippen MR) is 152 cm³/mol. The number of anilines is 1. The van der Waals surface area contributed by atoms with E-state index in [0.29, 0.717) is 40.7 Å². The minimum atomic E-state index is -0.870. The summed E-state index contributed by atoms with van der Waals surface area (Å²) in [7, 11) is 0. The van der Waals surface area contributed by atoms with Gasteiger partial charge in [0, 0.05) is 11.3 Å². The number of aryl methyl sites for hydroxylation is 1. The summed E-state index contributed by atoms with van der Waals surface area (Å²) in [5.41, 5.74) is 2.38. The number of hydrogen-bond acceptors (Lipinski definition) is 6. The number of carbonyl (C=O) groups excluding carboxylic acids is 2. The molecule has 1 N–H and O–H groups in total. The molecule has 1 heterocycles. The van der Waals surface area contributed by atoms with E-state index in [1.807, 2.05) is 59.7 Å². The van der Waals surface area contributed by atoms with Gasteiger partial charge in [0.1, 0.15) is 23.0 Å². The van der Waals surface area contributed by atoms with Crippen LogP contribution in [0.15, 0.2) is 72.3 Å². The molecule has 0 bridgehead atoms. The van der Waals surface area contributed by atoms with E-state index in [-0.39, 0.29) is 23.5 Å². The lowest BCUT2D eigenvalue weighted by atomic mass is 9.94. The Labute approximate surface area is 229 Å². The first-order valence-corrected chi connectivity index (χ1v) is 13.2. The number of hydrogen-bond donors (Lipinski definition) is 1. The zero-order valence-electron chi connectivity index (χ0n) is 23.2. The van der Waals surface area contributed by atoms with E-state index >= 15 is 0 Å². The molecule has 1 aliphatic rings. The zero-order chi connectivity index (χ0) is 28.3. The normalized spacial score (nSPS) is 16.7. The quantitative estimate of drug-likeness (QED) is 0.191. The number of nitrogens with zero attached hydrogens (tertiary/aromatic N) is 1. The summed E-state index contributed by atoms with van der Waals surface area (Å²) < 4.78 is 17.3. The Morgan fingerprint density at radius 1 is 0.897 bits per heavy atom. The van der Waals surface area contributed by atoms with E-state index in [1.54, 1.807) is 48.5 Å². The van der Waals surface area contributed by atoms with Gasteiger partial charge in [-0.1, -0.05) is 12.1 Å². The van der Waals surface area contributed by atoms with Crippen LogP contribution < -0.4 is 19.1 Å². The molecule has 1 saturated heterocycles. The molecule has 0 spiro atoms. The Hall–Kier alpha value is -4.26. The van der Waals surface area contributed by atoms with Crippen molar-refractivity contribution in [1.29, 1.82) is 0 Å². The van der Waals surface area contributed by atoms with Gasteiger partial charge in [-0.05, 0) is 107 Å². The molecule has 1 atom stereocenters. The first kappa shape index (κ1) is 27.8.